The van der Waals surface area contributed by atoms with E-state index in [2.05, 4.69) is 42.5 Å². The van der Waals surface area contributed by atoms with Crippen molar-refractivity contribution in [2.45, 2.75) is 11.8 Å². The van der Waals surface area contributed by atoms with Crippen LogP contribution in [0.25, 0.3) is 10.8 Å². The van der Waals surface area contributed by atoms with E-state index < -0.39 is 0 Å². The number of ether oxygens (including phenoxy) is 1. The highest BCUT2D eigenvalue weighted by atomic mass is 35.5. The average Bonchev–Trinajstić information content (AvgIpc) is 2.54. The van der Waals surface area contributed by atoms with Gasteiger partial charge in [0, 0.05) is 0 Å². The first-order valence-electron chi connectivity index (χ1n) is 7.02. The van der Waals surface area contributed by atoms with E-state index in [9.17, 15) is 0 Å². The number of hydrogen-bond acceptors (Lipinski definition) is 1. The van der Waals surface area contributed by atoms with E-state index in [1.807, 2.05) is 24.3 Å². The molecule has 3 aromatic carbocycles. The van der Waals surface area contributed by atoms with Gasteiger partial charge in [0.15, 0.2) is 0 Å². The van der Waals surface area contributed by atoms with E-state index in [-0.39, 0.29) is 5.38 Å². The quantitative estimate of drug-likeness (QED) is 0.588. The maximum absolute atomic E-state index is 6.57. The van der Waals surface area contributed by atoms with E-state index in [0.717, 1.165) is 17.7 Å². The molecule has 3 aromatic rings. The zero-order chi connectivity index (χ0) is 14.7. The Balaban J connectivity index is 1.83. The Bertz CT molecular complexity index is 751. The number of alkyl halides is 1. The van der Waals surface area contributed by atoms with Gasteiger partial charge in [-0.2, -0.15) is 0 Å². The zero-order valence-electron chi connectivity index (χ0n) is 11.9. The molecule has 0 heterocycles. The first-order valence-corrected chi connectivity index (χ1v) is 7.45. The van der Waals surface area contributed by atoms with E-state index in [0.29, 0.717) is 0 Å². The van der Waals surface area contributed by atoms with Gasteiger partial charge in [0.1, 0.15) is 5.75 Å². The molecule has 0 aliphatic carbocycles. The van der Waals surface area contributed by atoms with Gasteiger partial charge in [-0.3, -0.25) is 0 Å². The van der Waals surface area contributed by atoms with Gasteiger partial charge in [0.2, 0.25) is 0 Å². The summed E-state index contributed by atoms with van der Waals surface area (Å²) in [5.41, 5.74) is 2.33. The minimum absolute atomic E-state index is 0.0544. The fourth-order valence-electron chi connectivity index (χ4n) is 2.53. The molecule has 0 saturated carbocycles. The van der Waals surface area contributed by atoms with Gasteiger partial charge in [-0.1, -0.05) is 54.6 Å². The first-order chi connectivity index (χ1) is 10.3. The number of benzene rings is 3. The van der Waals surface area contributed by atoms with Crippen molar-refractivity contribution in [3.63, 3.8) is 0 Å². The Labute approximate surface area is 130 Å². The molecule has 1 unspecified atom stereocenters. The molecule has 0 aliphatic heterocycles. The molecule has 1 nitrogen and oxygen atoms in total. The molecule has 0 spiro atoms. The van der Waals surface area contributed by atoms with Gasteiger partial charge in [-0.15, -0.1) is 11.6 Å². The molecule has 0 amide bonds. The van der Waals surface area contributed by atoms with Crippen molar-refractivity contribution in [1.29, 1.82) is 0 Å². The predicted molar refractivity (Wildman–Crippen MR) is 89.2 cm³/mol. The van der Waals surface area contributed by atoms with E-state index in [1.165, 1.54) is 16.3 Å². The van der Waals surface area contributed by atoms with Gasteiger partial charge >= 0.3 is 0 Å². The lowest BCUT2D eigenvalue weighted by atomic mass is 10.0. The van der Waals surface area contributed by atoms with Crippen LogP contribution in [-0.4, -0.2) is 7.11 Å². The SMILES string of the molecule is COc1cccc(C(Cl)Cc2ccc3ccccc3c2)c1. The van der Waals surface area contributed by atoms with Crippen molar-refractivity contribution >= 4 is 22.4 Å². The van der Waals surface area contributed by atoms with Crippen LogP contribution in [0.2, 0.25) is 0 Å². The molecule has 0 bridgehead atoms. The second kappa shape index (κ2) is 6.19. The lowest BCUT2D eigenvalue weighted by Crippen LogP contribution is -1.96. The molecule has 3 rings (SSSR count). The normalized spacial score (nSPS) is 12.3. The Hall–Kier alpha value is -1.99. The molecule has 106 valence electrons. The summed E-state index contributed by atoms with van der Waals surface area (Å²) in [6, 6.07) is 22.8. The summed E-state index contributed by atoms with van der Waals surface area (Å²) < 4.78 is 5.25. The minimum atomic E-state index is -0.0544. The molecule has 0 aliphatic rings. The Kier molecular flexibility index (Phi) is 4.12. The Morgan fingerprint density at radius 2 is 1.71 bits per heavy atom. The fourth-order valence-corrected chi connectivity index (χ4v) is 2.84. The molecular weight excluding hydrogens is 280 g/mol. The highest BCUT2D eigenvalue weighted by Gasteiger charge is 2.10. The first kappa shape index (κ1) is 14.0. The second-order valence-electron chi connectivity index (χ2n) is 5.13. The number of methoxy groups -OCH3 is 1. The largest absolute Gasteiger partial charge is 0.497 e. The monoisotopic (exact) mass is 296 g/mol. The minimum Gasteiger partial charge on any atom is -0.497 e. The average molecular weight is 297 g/mol. The standard InChI is InChI=1S/C19H17ClO/c1-21-18-8-4-7-17(13-18)19(20)12-14-9-10-15-5-2-3-6-16(15)11-14/h2-11,13,19H,12H2,1H3. The number of fused-ring (bicyclic) bond motifs is 1. The number of halogens is 1. The second-order valence-corrected chi connectivity index (χ2v) is 5.66. The summed E-state index contributed by atoms with van der Waals surface area (Å²) in [4.78, 5) is 0. The van der Waals surface area contributed by atoms with Crippen LogP contribution in [0, 0.1) is 0 Å². The fraction of sp³-hybridized carbons (Fsp3) is 0.158. The van der Waals surface area contributed by atoms with Crippen LogP contribution >= 0.6 is 11.6 Å². The van der Waals surface area contributed by atoms with Crippen molar-refractivity contribution in [1.82, 2.24) is 0 Å². The zero-order valence-corrected chi connectivity index (χ0v) is 12.7. The molecule has 0 radical (unpaired) electrons. The third-order valence-electron chi connectivity index (χ3n) is 3.68. The van der Waals surface area contributed by atoms with Crippen LogP contribution < -0.4 is 4.74 Å². The van der Waals surface area contributed by atoms with Crippen molar-refractivity contribution < 1.29 is 4.74 Å². The van der Waals surface area contributed by atoms with E-state index in [4.69, 9.17) is 16.3 Å². The summed E-state index contributed by atoms with van der Waals surface area (Å²) in [5, 5.41) is 2.46. The summed E-state index contributed by atoms with van der Waals surface area (Å²) in [5.74, 6) is 0.844. The van der Waals surface area contributed by atoms with Crippen LogP contribution in [0.1, 0.15) is 16.5 Å². The van der Waals surface area contributed by atoms with Gasteiger partial charge in [-0.05, 0) is 40.5 Å². The molecule has 0 aromatic heterocycles. The molecule has 0 fully saturated rings. The van der Waals surface area contributed by atoms with Crippen LogP contribution in [0.4, 0.5) is 0 Å². The van der Waals surface area contributed by atoms with Crippen LogP contribution in [0.3, 0.4) is 0 Å². The van der Waals surface area contributed by atoms with E-state index >= 15 is 0 Å². The smallest absolute Gasteiger partial charge is 0.119 e. The number of rotatable bonds is 4. The van der Waals surface area contributed by atoms with Crippen LogP contribution in [-0.2, 0) is 6.42 Å². The van der Waals surface area contributed by atoms with Crippen molar-refractivity contribution in [2.24, 2.45) is 0 Å². The number of hydrogen-bond donors (Lipinski definition) is 0. The lowest BCUT2D eigenvalue weighted by Gasteiger charge is -2.12. The third-order valence-corrected chi connectivity index (χ3v) is 4.09. The molecule has 2 heteroatoms. The van der Waals surface area contributed by atoms with Gasteiger partial charge in [0.25, 0.3) is 0 Å². The molecular formula is C19H17ClO. The Morgan fingerprint density at radius 1 is 0.905 bits per heavy atom. The highest BCUT2D eigenvalue weighted by Crippen LogP contribution is 2.28. The maximum Gasteiger partial charge on any atom is 0.119 e. The molecule has 1 atom stereocenters. The summed E-state index contributed by atoms with van der Waals surface area (Å²) in [6.07, 6.45) is 0.805. The van der Waals surface area contributed by atoms with Crippen molar-refractivity contribution in [3.8, 4) is 5.75 Å². The topological polar surface area (TPSA) is 9.23 Å². The Morgan fingerprint density at radius 3 is 2.52 bits per heavy atom. The van der Waals surface area contributed by atoms with Crippen LogP contribution in [0.15, 0.2) is 66.7 Å². The summed E-state index contributed by atoms with van der Waals surface area (Å²) >= 11 is 6.57. The van der Waals surface area contributed by atoms with Crippen molar-refractivity contribution in [2.75, 3.05) is 7.11 Å². The summed E-state index contributed by atoms with van der Waals surface area (Å²) in [7, 11) is 1.67. The molecule has 21 heavy (non-hydrogen) atoms. The third kappa shape index (κ3) is 3.20. The maximum atomic E-state index is 6.57. The van der Waals surface area contributed by atoms with Crippen molar-refractivity contribution in [3.05, 3.63) is 77.9 Å². The lowest BCUT2D eigenvalue weighted by molar-refractivity contribution is 0.414. The summed E-state index contributed by atoms with van der Waals surface area (Å²) in [6.45, 7) is 0. The van der Waals surface area contributed by atoms with Crippen LogP contribution in [0.5, 0.6) is 5.75 Å². The van der Waals surface area contributed by atoms with E-state index in [1.54, 1.807) is 7.11 Å². The van der Waals surface area contributed by atoms with Gasteiger partial charge in [-0.25, -0.2) is 0 Å². The van der Waals surface area contributed by atoms with Gasteiger partial charge < -0.3 is 4.74 Å². The highest BCUT2D eigenvalue weighted by molar-refractivity contribution is 6.21. The predicted octanol–water partition coefficient (Wildman–Crippen LogP) is 5.37. The molecule has 0 saturated heterocycles. The molecule has 0 N–H and O–H groups in total. The van der Waals surface area contributed by atoms with Gasteiger partial charge in [0.05, 0.1) is 12.5 Å².